The Balaban J connectivity index is 1.66. The highest BCUT2D eigenvalue weighted by molar-refractivity contribution is 9.10. The van der Waals surface area contributed by atoms with Gasteiger partial charge in [0.05, 0.1) is 21.0 Å². The molecule has 0 spiro atoms. The van der Waals surface area contributed by atoms with Gasteiger partial charge in [-0.2, -0.15) is 0 Å². The van der Waals surface area contributed by atoms with E-state index in [0.29, 0.717) is 44.7 Å². The lowest BCUT2D eigenvalue weighted by molar-refractivity contribution is 0.306. The third-order valence-corrected chi connectivity index (χ3v) is 5.83. The number of aryl methyl sites for hydroxylation is 1. The minimum atomic E-state index is -0.0675. The zero-order chi connectivity index (χ0) is 20.5. The van der Waals surface area contributed by atoms with Crippen LogP contribution in [0.2, 0.25) is 10.0 Å². The summed E-state index contributed by atoms with van der Waals surface area (Å²) in [6.07, 6.45) is 0. The molecule has 0 aliphatic rings. The van der Waals surface area contributed by atoms with Gasteiger partial charge in [0.1, 0.15) is 23.7 Å². The van der Waals surface area contributed by atoms with Crippen molar-refractivity contribution in [3.63, 3.8) is 0 Å². The van der Waals surface area contributed by atoms with E-state index >= 15 is 0 Å². The van der Waals surface area contributed by atoms with Crippen LogP contribution in [0.5, 0.6) is 5.75 Å². The largest absolute Gasteiger partial charge is 0.489 e. The van der Waals surface area contributed by atoms with E-state index in [9.17, 15) is 4.79 Å². The Morgan fingerprint density at radius 2 is 1.72 bits per heavy atom. The Morgan fingerprint density at radius 1 is 0.966 bits per heavy atom. The lowest BCUT2D eigenvalue weighted by Crippen LogP contribution is -2.07. The van der Waals surface area contributed by atoms with Gasteiger partial charge in [-0.1, -0.05) is 57.3 Å². The summed E-state index contributed by atoms with van der Waals surface area (Å²) in [4.78, 5) is 13.1. The van der Waals surface area contributed by atoms with Crippen LogP contribution in [-0.4, -0.2) is 0 Å². The van der Waals surface area contributed by atoms with Crippen LogP contribution in [0.15, 0.2) is 74.3 Å². The fourth-order valence-corrected chi connectivity index (χ4v) is 3.71. The summed E-state index contributed by atoms with van der Waals surface area (Å²) in [5.41, 5.74) is 2.69. The Morgan fingerprint density at radius 3 is 2.45 bits per heavy atom. The fourth-order valence-electron chi connectivity index (χ4n) is 3.12. The molecule has 0 fully saturated rings. The molecule has 4 rings (SSSR count). The predicted molar refractivity (Wildman–Crippen MR) is 121 cm³/mol. The van der Waals surface area contributed by atoms with Crippen LogP contribution in [0, 0.1) is 6.92 Å². The summed E-state index contributed by atoms with van der Waals surface area (Å²) in [6.45, 7) is 2.12. The zero-order valence-electron chi connectivity index (χ0n) is 15.3. The number of halogens is 3. The second-order valence-corrected chi connectivity index (χ2v) is 8.29. The quantitative estimate of drug-likeness (QED) is 0.299. The van der Waals surface area contributed by atoms with E-state index in [4.69, 9.17) is 32.4 Å². The van der Waals surface area contributed by atoms with Gasteiger partial charge < -0.3 is 9.15 Å². The zero-order valence-corrected chi connectivity index (χ0v) is 18.4. The summed E-state index contributed by atoms with van der Waals surface area (Å²) >= 11 is 15.4. The molecule has 0 saturated carbocycles. The topological polar surface area (TPSA) is 39.4 Å². The van der Waals surface area contributed by atoms with Crippen LogP contribution in [0.1, 0.15) is 11.3 Å². The van der Waals surface area contributed by atoms with Crippen molar-refractivity contribution in [2.45, 2.75) is 13.5 Å². The first-order valence-corrected chi connectivity index (χ1v) is 10.4. The van der Waals surface area contributed by atoms with E-state index in [2.05, 4.69) is 15.9 Å². The molecule has 0 bridgehead atoms. The van der Waals surface area contributed by atoms with Crippen molar-refractivity contribution in [3.8, 4) is 16.9 Å². The SMILES string of the molecule is Cc1oc2cc(OCc3ccc(Cl)c(Cl)c3)ccc2c(=O)c1-c1ccc(Br)cc1. The van der Waals surface area contributed by atoms with Crippen LogP contribution in [0.25, 0.3) is 22.1 Å². The Hall–Kier alpha value is -2.27. The molecule has 6 heteroatoms. The molecule has 0 atom stereocenters. The summed E-state index contributed by atoms with van der Waals surface area (Å²) in [6, 6.07) is 18.2. The number of fused-ring (bicyclic) bond motifs is 1. The molecule has 146 valence electrons. The molecule has 29 heavy (non-hydrogen) atoms. The molecule has 3 nitrogen and oxygen atoms in total. The highest BCUT2D eigenvalue weighted by Crippen LogP contribution is 2.28. The van der Waals surface area contributed by atoms with Gasteiger partial charge in [0.15, 0.2) is 0 Å². The number of hydrogen-bond acceptors (Lipinski definition) is 3. The monoisotopic (exact) mass is 488 g/mol. The molecule has 0 unspecified atom stereocenters. The van der Waals surface area contributed by atoms with Crippen LogP contribution in [0.3, 0.4) is 0 Å². The molecular weight excluding hydrogens is 475 g/mol. The molecule has 1 heterocycles. The Labute approximate surface area is 186 Å². The second-order valence-electron chi connectivity index (χ2n) is 6.56. The fraction of sp³-hybridized carbons (Fsp3) is 0.0870. The van der Waals surface area contributed by atoms with Crippen molar-refractivity contribution in [3.05, 3.63) is 96.7 Å². The molecule has 0 amide bonds. The minimum Gasteiger partial charge on any atom is -0.489 e. The summed E-state index contributed by atoms with van der Waals surface area (Å²) < 4.78 is 12.7. The molecule has 0 aliphatic heterocycles. The maximum atomic E-state index is 13.1. The smallest absolute Gasteiger partial charge is 0.200 e. The number of benzene rings is 3. The van der Waals surface area contributed by atoms with E-state index in [1.54, 1.807) is 37.3 Å². The summed E-state index contributed by atoms with van der Waals surface area (Å²) in [7, 11) is 0. The van der Waals surface area contributed by atoms with E-state index < -0.39 is 0 Å². The van der Waals surface area contributed by atoms with E-state index in [-0.39, 0.29) is 5.43 Å². The van der Waals surface area contributed by atoms with E-state index in [1.165, 1.54) is 0 Å². The van der Waals surface area contributed by atoms with Gasteiger partial charge in [-0.05, 0) is 54.4 Å². The van der Waals surface area contributed by atoms with Crippen molar-refractivity contribution in [2.24, 2.45) is 0 Å². The second kappa shape index (κ2) is 8.23. The molecule has 0 aliphatic carbocycles. The highest BCUT2D eigenvalue weighted by Gasteiger charge is 2.14. The number of ether oxygens (including phenoxy) is 1. The average Bonchev–Trinajstić information content (AvgIpc) is 2.70. The van der Waals surface area contributed by atoms with Crippen molar-refractivity contribution in [2.75, 3.05) is 0 Å². The van der Waals surface area contributed by atoms with Crippen molar-refractivity contribution >= 4 is 50.1 Å². The van der Waals surface area contributed by atoms with Crippen LogP contribution in [0.4, 0.5) is 0 Å². The minimum absolute atomic E-state index is 0.0675. The van der Waals surface area contributed by atoms with Gasteiger partial charge in [0, 0.05) is 10.5 Å². The number of hydrogen-bond donors (Lipinski definition) is 0. The molecule has 0 saturated heterocycles. The van der Waals surface area contributed by atoms with Crippen molar-refractivity contribution < 1.29 is 9.15 Å². The Bertz CT molecular complexity index is 1260. The van der Waals surface area contributed by atoms with E-state index in [1.807, 2.05) is 30.3 Å². The molecule has 0 radical (unpaired) electrons. The molecule has 0 N–H and O–H groups in total. The van der Waals surface area contributed by atoms with Gasteiger partial charge in [-0.3, -0.25) is 4.79 Å². The average molecular weight is 490 g/mol. The van der Waals surface area contributed by atoms with Crippen molar-refractivity contribution in [1.82, 2.24) is 0 Å². The van der Waals surface area contributed by atoms with Gasteiger partial charge in [0.2, 0.25) is 5.43 Å². The third kappa shape index (κ3) is 4.20. The Kier molecular flexibility index (Phi) is 5.68. The molecule has 3 aromatic carbocycles. The van der Waals surface area contributed by atoms with Gasteiger partial charge in [0.25, 0.3) is 0 Å². The highest BCUT2D eigenvalue weighted by atomic mass is 79.9. The van der Waals surface area contributed by atoms with Crippen LogP contribution in [-0.2, 0) is 6.61 Å². The third-order valence-electron chi connectivity index (χ3n) is 4.56. The first kappa shape index (κ1) is 20.0. The molecule has 1 aromatic heterocycles. The lowest BCUT2D eigenvalue weighted by atomic mass is 10.0. The molecule has 4 aromatic rings. The standard InChI is InChI=1S/C23H15BrCl2O3/c1-13-22(15-3-5-16(24)6-4-15)23(27)18-8-7-17(11-21(18)29-13)28-12-14-2-9-19(25)20(26)10-14/h2-11H,12H2,1H3. The normalized spacial score (nSPS) is 11.0. The maximum Gasteiger partial charge on any atom is 0.200 e. The van der Waals surface area contributed by atoms with E-state index in [0.717, 1.165) is 15.6 Å². The lowest BCUT2D eigenvalue weighted by Gasteiger charge is -2.10. The van der Waals surface area contributed by atoms with Crippen molar-refractivity contribution in [1.29, 1.82) is 0 Å². The maximum absolute atomic E-state index is 13.1. The van der Waals surface area contributed by atoms with Crippen LogP contribution < -0.4 is 10.2 Å². The van der Waals surface area contributed by atoms with Gasteiger partial charge in [-0.15, -0.1) is 0 Å². The van der Waals surface area contributed by atoms with Gasteiger partial charge in [-0.25, -0.2) is 0 Å². The summed E-state index contributed by atoms with van der Waals surface area (Å²) in [5, 5.41) is 1.49. The van der Waals surface area contributed by atoms with Crippen LogP contribution >= 0.6 is 39.1 Å². The first-order chi connectivity index (χ1) is 13.9. The summed E-state index contributed by atoms with van der Waals surface area (Å²) in [5.74, 6) is 1.16. The first-order valence-electron chi connectivity index (χ1n) is 8.82. The number of rotatable bonds is 4. The molecular formula is C23H15BrCl2O3. The van der Waals surface area contributed by atoms with Gasteiger partial charge >= 0.3 is 0 Å². The predicted octanol–water partition coefficient (Wildman–Crippen LogP) is 7.42.